The SMILES string of the molecule is CCOc1ccc(-c2ccc(=O)n(CCNC(=O)COc3cc(C)cc(C)c3)n2)cc1. The van der Waals surface area contributed by atoms with Crippen LogP contribution in [-0.4, -0.2) is 35.4 Å². The van der Waals surface area contributed by atoms with Crippen molar-refractivity contribution in [1.29, 1.82) is 0 Å². The number of ether oxygens (including phenoxy) is 2. The minimum atomic E-state index is -0.255. The molecule has 3 aromatic rings. The minimum Gasteiger partial charge on any atom is -0.494 e. The van der Waals surface area contributed by atoms with Crippen molar-refractivity contribution in [3.8, 4) is 22.8 Å². The second-order valence-corrected chi connectivity index (χ2v) is 7.20. The molecule has 0 radical (unpaired) electrons. The molecule has 0 fully saturated rings. The molecule has 31 heavy (non-hydrogen) atoms. The number of aromatic nitrogens is 2. The standard InChI is InChI=1S/C24H27N3O4/c1-4-30-20-7-5-19(6-8-20)22-9-10-24(29)27(26-22)12-11-25-23(28)16-31-21-14-17(2)13-18(3)15-21/h5-10,13-15H,4,11-12,16H2,1-3H3,(H,25,28). The predicted octanol–water partition coefficient (Wildman–Crippen LogP) is 3.12. The maximum atomic E-state index is 12.1. The quantitative estimate of drug-likeness (QED) is 0.574. The summed E-state index contributed by atoms with van der Waals surface area (Å²) in [5.41, 5.74) is 3.48. The topological polar surface area (TPSA) is 82.5 Å². The van der Waals surface area contributed by atoms with E-state index in [1.54, 1.807) is 6.07 Å². The third-order valence-electron chi connectivity index (χ3n) is 4.54. The van der Waals surface area contributed by atoms with Crippen LogP contribution in [0.25, 0.3) is 11.3 Å². The van der Waals surface area contributed by atoms with Crippen LogP contribution in [0.15, 0.2) is 59.4 Å². The van der Waals surface area contributed by atoms with Gasteiger partial charge in [-0.2, -0.15) is 5.10 Å². The molecule has 1 aromatic heterocycles. The zero-order valence-corrected chi connectivity index (χ0v) is 18.1. The van der Waals surface area contributed by atoms with Gasteiger partial charge in [0.1, 0.15) is 11.5 Å². The summed E-state index contributed by atoms with van der Waals surface area (Å²) in [6, 6.07) is 16.5. The van der Waals surface area contributed by atoms with E-state index in [2.05, 4.69) is 10.4 Å². The van der Waals surface area contributed by atoms with Gasteiger partial charge < -0.3 is 14.8 Å². The highest BCUT2D eigenvalue weighted by atomic mass is 16.5. The van der Waals surface area contributed by atoms with Gasteiger partial charge in [-0.1, -0.05) is 6.07 Å². The van der Waals surface area contributed by atoms with Crippen molar-refractivity contribution in [1.82, 2.24) is 15.1 Å². The lowest BCUT2D eigenvalue weighted by atomic mass is 10.1. The van der Waals surface area contributed by atoms with Gasteiger partial charge in [-0.15, -0.1) is 0 Å². The first-order chi connectivity index (χ1) is 14.9. The summed E-state index contributed by atoms with van der Waals surface area (Å²) in [6.45, 7) is 6.94. The van der Waals surface area contributed by atoms with Gasteiger partial charge >= 0.3 is 0 Å². The lowest BCUT2D eigenvalue weighted by molar-refractivity contribution is -0.123. The number of rotatable bonds is 9. The first-order valence-corrected chi connectivity index (χ1v) is 10.2. The van der Waals surface area contributed by atoms with E-state index in [0.29, 0.717) is 18.1 Å². The zero-order chi connectivity index (χ0) is 22.2. The largest absolute Gasteiger partial charge is 0.494 e. The van der Waals surface area contributed by atoms with Crippen LogP contribution >= 0.6 is 0 Å². The number of hydrogen-bond donors (Lipinski definition) is 1. The molecule has 0 unspecified atom stereocenters. The van der Waals surface area contributed by atoms with E-state index in [1.165, 1.54) is 10.7 Å². The van der Waals surface area contributed by atoms with Crippen molar-refractivity contribution in [3.63, 3.8) is 0 Å². The van der Waals surface area contributed by atoms with Crippen molar-refractivity contribution >= 4 is 5.91 Å². The molecule has 0 spiro atoms. The molecular weight excluding hydrogens is 394 g/mol. The molecule has 0 aliphatic carbocycles. The Morgan fingerprint density at radius 1 is 0.968 bits per heavy atom. The Hall–Kier alpha value is -3.61. The second kappa shape index (κ2) is 10.4. The van der Waals surface area contributed by atoms with Crippen molar-refractivity contribution in [2.24, 2.45) is 0 Å². The molecule has 0 aliphatic heterocycles. The average molecular weight is 421 g/mol. The molecule has 3 rings (SSSR count). The number of benzene rings is 2. The maximum Gasteiger partial charge on any atom is 0.266 e. The van der Waals surface area contributed by atoms with Crippen molar-refractivity contribution in [3.05, 3.63) is 76.1 Å². The van der Waals surface area contributed by atoms with E-state index in [0.717, 1.165) is 22.4 Å². The Balaban J connectivity index is 1.54. The molecular formula is C24H27N3O4. The Morgan fingerprint density at radius 2 is 1.68 bits per heavy atom. The molecule has 0 bridgehead atoms. The summed E-state index contributed by atoms with van der Waals surface area (Å²) in [7, 11) is 0. The van der Waals surface area contributed by atoms with Gasteiger partial charge in [0.15, 0.2) is 6.61 Å². The summed E-state index contributed by atoms with van der Waals surface area (Å²) in [4.78, 5) is 24.2. The van der Waals surface area contributed by atoms with Crippen LogP contribution in [-0.2, 0) is 11.3 Å². The fourth-order valence-corrected chi connectivity index (χ4v) is 3.17. The molecule has 1 N–H and O–H groups in total. The summed E-state index contributed by atoms with van der Waals surface area (Å²) in [5.74, 6) is 1.19. The van der Waals surface area contributed by atoms with Gasteiger partial charge in [-0.25, -0.2) is 4.68 Å². The fraction of sp³-hybridized carbons (Fsp3) is 0.292. The zero-order valence-electron chi connectivity index (χ0n) is 18.1. The number of carbonyl (C=O) groups is 1. The summed E-state index contributed by atoms with van der Waals surface area (Å²) < 4.78 is 12.3. The summed E-state index contributed by atoms with van der Waals surface area (Å²) in [5, 5.41) is 7.17. The van der Waals surface area contributed by atoms with Crippen LogP contribution in [0.1, 0.15) is 18.1 Å². The minimum absolute atomic E-state index is 0.0859. The van der Waals surface area contributed by atoms with Crippen LogP contribution < -0.4 is 20.3 Å². The molecule has 2 aromatic carbocycles. The van der Waals surface area contributed by atoms with Gasteiger partial charge in [-0.3, -0.25) is 9.59 Å². The van der Waals surface area contributed by atoms with Gasteiger partial charge in [-0.05, 0) is 74.4 Å². The van der Waals surface area contributed by atoms with Crippen LogP contribution in [0.5, 0.6) is 11.5 Å². The molecule has 0 aliphatic rings. The lowest BCUT2D eigenvalue weighted by Crippen LogP contribution is -2.34. The molecule has 1 amide bonds. The Morgan fingerprint density at radius 3 is 2.35 bits per heavy atom. The van der Waals surface area contributed by atoms with E-state index in [9.17, 15) is 9.59 Å². The lowest BCUT2D eigenvalue weighted by Gasteiger charge is -2.10. The monoisotopic (exact) mass is 421 g/mol. The maximum absolute atomic E-state index is 12.1. The molecule has 1 heterocycles. The van der Waals surface area contributed by atoms with E-state index >= 15 is 0 Å². The number of aryl methyl sites for hydroxylation is 2. The van der Waals surface area contributed by atoms with Crippen molar-refractivity contribution in [2.75, 3.05) is 19.8 Å². The molecule has 0 saturated carbocycles. The molecule has 162 valence electrons. The number of hydrogen-bond acceptors (Lipinski definition) is 5. The van der Waals surface area contributed by atoms with Gasteiger partial charge in [0.2, 0.25) is 0 Å². The summed E-state index contributed by atoms with van der Waals surface area (Å²) >= 11 is 0. The van der Waals surface area contributed by atoms with Crippen LogP contribution in [0.4, 0.5) is 0 Å². The number of nitrogens with one attached hydrogen (secondary N) is 1. The Kier molecular flexibility index (Phi) is 7.43. The number of amides is 1. The van der Waals surface area contributed by atoms with E-state index in [4.69, 9.17) is 9.47 Å². The Bertz CT molecular complexity index is 1070. The van der Waals surface area contributed by atoms with Crippen molar-refractivity contribution < 1.29 is 14.3 Å². The summed E-state index contributed by atoms with van der Waals surface area (Å²) in [6.07, 6.45) is 0. The molecule has 0 saturated heterocycles. The van der Waals surface area contributed by atoms with Gasteiger partial charge in [0, 0.05) is 18.2 Å². The molecule has 0 atom stereocenters. The normalized spacial score (nSPS) is 10.5. The third kappa shape index (κ3) is 6.44. The highest BCUT2D eigenvalue weighted by molar-refractivity contribution is 5.77. The highest BCUT2D eigenvalue weighted by Gasteiger charge is 2.07. The van der Waals surface area contributed by atoms with Crippen LogP contribution in [0.2, 0.25) is 0 Å². The smallest absolute Gasteiger partial charge is 0.266 e. The first kappa shape index (κ1) is 22.1. The van der Waals surface area contributed by atoms with Gasteiger partial charge in [0.05, 0.1) is 18.8 Å². The molecule has 7 heteroatoms. The first-order valence-electron chi connectivity index (χ1n) is 10.2. The average Bonchev–Trinajstić information content (AvgIpc) is 2.74. The predicted molar refractivity (Wildman–Crippen MR) is 120 cm³/mol. The van der Waals surface area contributed by atoms with E-state index in [-0.39, 0.29) is 31.2 Å². The molecule has 7 nitrogen and oxygen atoms in total. The fourth-order valence-electron chi connectivity index (χ4n) is 3.17. The van der Waals surface area contributed by atoms with Crippen molar-refractivity contribution in [2.45, 2.75) is 27.3 Å². The van der Waals surface area contributed by atoms with Crippen LogP contribution in [0.3, 0.4) is 0 Å². The highest BCUT2D eigenvalue weighted by Crippen LogP contribution is 2.20. The van der Waals surface area contributed by atoms with Crippen LogP contribution in [0, 0.1) is 13.8 Å². The number of carbonyl (C=O) groups excluding carboxylic acids is 1. The van der Waals surface area contributed by atoms with Gasteiger partial charge in [0.25, 0.3) is 11.5 Å². The number of nitrogens with zero attached hydrogens (tertiary/aromatic N) is 2. The van der Waals surface area contributed by atoms with E-state index in [1.807, 2.05) is 63.2 Å². The second-order valence-electron chi connectivity index (χ2n) is 7.20. The Labute approximate surface area is 181 Å². The third-order valence-corrected chi connectivity index (χ3v) is 4.54. The van der Waals surface area contributed by atoms with E-state index < -0.39 is 0 Å².